The van der Waals surface area contributed by atoms with Crippen LogP contribution in [-0.4, -0.2) is 24.0 Å². The first kappa shape index (κ1) is 14.6. The maximum atomic E-state index is 11.3. The van der Waals surface area contributed by atoms with Crippen molar-refractivity contribution < 1.29 is 28.6 Å². The second kappa shape index (κ2) is 6.13. The Labute approximate surface area is 120 Å². The van der Waals surface area contributed by atoms with Crippen molar-refractivity contribution in [1.82, 2.24) is 0 Å². The fourth-order valence-corrected chi connectivity index (χ4v) is 1.80. The molecule has 6 nitrogen and oxygen atoms in total. The van der Waals surface area contributed by atoms with Crippen molar-refractivity contribution in [1.29, 1.82) is 0 Å². The summed E-state index contributed by atoms with van der Waals surface area (Å²) >= 11 is 0. The monoisotopic (exact) mass is 290 g/mol. The predicted molar refractivity (Wildman–Crippen MR) is 73.0 cm³/mol. The van der Waals surface area contributed by atoms with E-state index in [1.165, 1.54) is 26.4 Å². The first-order chi connectivity index (χ1) is 10.0. The lowest BCUT2D eigenvalue weighted by atomic mass is 10.1. The van der Waals surface area contributed by atoms with E-state index >= 15 is 0 Å². The Morgan fingerprint density at radius 1 is 1.24 bits per heavy atom. The molecule has 0 radical (unpaired) electrons. The molecule has 110 valence electrons. The molecular weight excluding hydrogens is 276 g/mol. The summed E-state index contributed by atoms with van der Waals surface area (Å²) < 4.78 is 15.6. The van der Waals surface area contributed by atoms with Crippen LogP contribution in [0, 0.1) is 0 Å². The molecule has 0 fully saturated rings. The number of carboxylic acids is 1. The highest BCUT2D eigenvalue weighted by Crippen LogP contribution is 2.29. The molecule has 21 heavy (non-hydrogen) atoms. The lowest BCUT2D eigenvalue weighted by Gasteiger charge is -2.11. The third-order valence-corrected chi connectivity index (χ3v) is 2.89. The molecule has 2 rings (SSSR count). The number of ether oxygens (including phenoxy) is 2. The number of Topliss-reactive ketones (excluding diaryl/α,β-unsaturated/α-hetero) is 1. The van der Waals surface area contributed by atoms with Gasteiger partial charge in [0.2, 0.25) is 5.76 Å². The first-order valence-electron chi connectivity index (χ1n) is 6.14. The van der Waals surface area contributed by atoms with Crippen molar-refractivity contribution >= 4 is 11.8 Å². The Hall–Kier alpha value is -2.76. The highest BCUT2D eigenvalue weighted by atomic mass is 16.5. The van der Waals surface area contributed by atoms with Crippen LogP contribution in [0.15, 0.2) is 34.9 Å². The molecule has 0 saturated heterocycles. The van der Waals surface area contributed by atoms with Gasteiger partial charge in [0.1, 0.15) is 6.61 Å². The topological polar surface area (TPSA) is 86.0 Å². The summed E-state index contributed by atoms with van der Waals surface area (Å²) in [5, 5.41) is 8.94. The van der Waals surface area contributed by atoms with Crippen LogP contribution in [0.3, 0.4) is 0 Å². The first-order valence-corrected chi connectivity index (χ1v) is 6.14. The van der Waals surface area contributed by atoms with Crippen LogP contribution in [0.2, 0.25) is 0 Å². The number of hydrogen-bond acceptors (Lipinski definition) is 5. The number of carbonyl (C=O) groups is 2. The fourth-order valence-electron chi connectivity index (χ4n) is 1.80. The van der Waals surface area contributed by atoms with Crippen LogP contribution in [0.5, 0.6) is 11.5 Å². The van der Waals surface area contributed by atoms with Crippen molar-refractivity contribution in [2.75, 3.05) is 7.11 Å². The third kappa shape index (κ3) is 3.22. The standard InChI is InChI=1S/C15H14O6/c1-9(16)10-3-4-12(13(7-10)19-2)21-8-11-5-6-20-14(11)15(17)18/h3-7H,8H2,1-2H3,(H,17,18). The summed E-state index contributed by atoms with van der Waals surface area (Å²) in [6.07, 6.45) is 1.29. The molecule has 1 heterocycles. The van der Waals surface area contributed by atoms with Crippen LogP contribution < -0.4 is 9.47 Å². The number of furan rings is 1. The smallest absolute Gasteiger partial charge is 0.372 e. The van der Waals surface area contributed by atoms with E-state index < -0.39 is 5.97 Å². The highest BCUT2D eigenvalue weighted by molar-refractivity contribution is 5.94. The molecule has 0 saturated carbocycles. The van der Waals surface area contributed by atoms with Gasteiger partial charge in [-0.3, -0.25) is 4.79 Å². The van der Waals surface area contributed by atoms with Gasteiger partial charge in [-0.05, 0) is 31.2 Å². The lowest BCUT2D eigenvalue weighted by molar-refractivity contribution is 0.0658. The minimum Gasteiger partial charge on any atom is -0.493 e. The number of carbonyl (C=O) groups excluding carboxylic acids is 1. The minimum atomic E-state index is -1.16. The minimum absolute atomic E-state index is 0.0217. The lowest BCUT2D eigenvalue weighted by Crippen LogP contribution is -2.04. The summed E-state index contributed by atoms with van der Waals surface area (Å²) in [4.78, 5) is 22.2. The van der Waals surface area contributed by atoms with Crippen LogP contribution in [-0.2, 0) is 6.61 Å². The van der Waals surface area contributed by atoms with Crippen molar-refractivity contribution in [3.8, 4) is 11.5 Å². The van der Waals surface area contributed by atoms with Crippen molar-refractivity contribution in [3.05, 3.63) is 47.4 Å². The Kier molecular flexibility index (Phi) is 4.27. The fraction of sp³-hybridized carbons (Fsp3) is 0.200. The van der Waals surface area contributed by atoms with Gasteiger partial charge < -0.3 is 19.0 Å². The second-order valence-corrected chi connectivity index (χ2v) is 4.29. The van der Waals surface area contributed by atoms with Gasteiger partial charge in [0.25, 0.3) is 0 Å². The molecule has 1 aromatic carbocycles. The number of hydrogen-bond donors (Lipinski definition) is 1. The molecule has 2 aromatic rings. The molecule has 0 atom stereocenters. The molecule has 0 amide bonds. The molecule has 0 unspecified atom stereocenters. The summed E-state index contributed by atoms with van der Waals surface area (Å²) in [7, 11) is 1.46. The third-order valence-electron chi connectivity index (χ3n) is 2.89. The predicted octanol–water partition coefficient (Wildman–Crippen LogP) is 2.77. The van der Waals surface area contributed by atoms with Gasteiger partial charge in [-0.2, -0.15) is 0 Å². The van der Waals surface area contributed by atoms with Crippen LogP contribution in [0.25, 0.3) is 0 Å². The SMILES string of the molecule is COc1cc(C(C)=O)ccc1OCc1ccoc1C(=O)O. The van der Waals surface area contributed by atoms with E-state index in [9.17, 15) is 9.59 Å². The van der Waals surface area contributed by atoms with Gasteiger partial charge in [0.15, 0.2) is 17.3 Å². The van der Waals surface area contributed by atoms with E-state index in [-0.39, 0.29) is 18.2 Å². The molecule has 0 spiro atoms. The quantitative estimate of drug-likeness (QED) is 0.823. The number of aromatic carboxylic acids is 1. The number of ketones is 1. The number of carboxylic acid groups (broad SMARTS) is 1. The highest BCUT2D eigenvalue weighted by Gasteiger charge is 2.15. The summed E-state index contributed by atoms with van der Waals surface area (Å²) in [5.41, 5.74) is 0.925. The van der Waals surface area contributed by atoms with Gasteiger partial charge in [0, 0.05) is 11.1 Å². The Balaban J connectivity index is 2.18. The second-order valence-electron chi connectivity index (χ2n) is 4.29. The average molecular weight is 290 g/mol. The summed E-state index contributed by atoms with van der Waals surface area (Å²) in [6, 6.07) is 6.33. The van der Waals surface area contributed by atoms with Gasteiger partial charge in [-0.25, -0.2) is 4.79 Å². The van der Waals surface area contributed by atoms with E-state index in [4.69, 9.17) is 19.0 Å². The number of rotatable bonds is 6. The molecule has 1 aromatic heterocycles. The zero-order chi connectivity index (χ0) is 15.4. The molecule has 1 N–H and O–H groups in total. The Bertz CT molecular complexity index is 671. The zero-order valence-corrected chi connectivity index (χ0v) is 11.6. The van der Waals surface area contributed by atoms with Crippen LogP contribution >= 0.6 is 0 Å². The number of benzene rings is 1. The Morgan fingerprint density at radius 2 is 2.00 bits per heavy atom. The van der Waals surface area contributed by atoms with E-state index in [1.54, 1.807) is 18.2 Å². The maximum Gasteiger partial charge on any atom is 0.372 e. The van der Waals surface area contributed by atoms with Gasteiger partial charge in [-0.1, -0.05) is 0 Å². The van der Waals surface area contributed by atoms with Crippen molar-refractivity contribution in [2.45, 2.75) is 13.5 Å². The van der Waals surface area contributed by atoms with Crippen LogP contribution in [0.1, 0.15) is 33.4 Å². The molecule has 6 heteroatoms. The molecule has 0 bridgehead atoms. The maximum absolute atomic E-state index is 11.3. The normalized spacial score (nSPS) is 10.2. The van der Waals surface area contributed by atoms with E-state index in [0.717, 1.165) is 0 Å². The van der Waals surface area contributed by atoms with Gasteiger partial charge in [0.05, 0.1) is 13.4 Å². The molecular formula is C15H14O6. The Morgan fingerprint density at radius 3 is 2.62 bits per heavy atom. The van der Waals surface area contributed by atoms with Crippen molar-refractivity contribution in [2.24, 2.45) is 0 Å². The molecule has 0 aliphatic rings. The van der Waals surface area contributed by atoms with E-state index in [1.807, 2.05) is 0 Å². The van der Waals surface area contributed by atoms with Crippen molar-refractivity contribution in [3.63, 3.8) is 0 Å². The summed E-state index contributed by atoms with van der Waals surface area (Å²) in [5.74, 6) is -0.572. The molecule has 0 aliphatic heterocycles. The van der Waals surface area contributed by atoms with Crippen LogP contribution in [0.4, 0.5) is 0 Å². The van der Waals surface area contributed by atoms with Gasteiger partial charge >= 0.3 is 5.97 Å². The zero-order valence-electron chi connectivity index (χ0n) is 11.6. The summed E-state index contributed by atoms with van der Waals surface area (Å²) in [6.45, 7) is 1.48. The number of methoxy groups -OCH3 is 1. The largest absolute Gasteiger partial charge is 0.493 e. The van der Waals surface area contributed by atoms with E-state index in [2.05, 4.69) is 0 Å². The van der Waals surface area contributed by atoms with E-state index in [0.29, 0.717) is 22.6 Å². The average Bonchev–Trinajstić information content (AvgIpc) is 2.93. The molecule has 0 aliphatic carbocycles. The van der Waals surface area contributed by atoms with Gasteiger partial charge in [-0.15, -0.1) is 0 Å².